The van der Waals surface area contributed by atoms with Crippen molar-refractivity contribution in [1.82, 2.24) is 19.9 Å². The molecule has 2 N–H and O–H groups in total. The highest BCUT2D eigenvalue weighted by atomic mass is 32.1. The minimum Gasteiger partial charge on any atom is -0.477 e. The van der Waals surface area contributed by atoms with E-state index in [0.717, 1.165) is 6.42 Å². The quantitative estimate of drug-likeness (QED) is 0.577. The molecule has 1 saturated heterocycles. The van der Waals surface area contributed by atoms with E-state index in [1.165, 1.54) is 22.1 Å². The van der Waals surface area contributed by atoms with Gasteiger partial charge in [0.25, 0.3) is 0 Å². The van der Waals surface area contributed by atoms with E-state index < -0.39 is 11.4 Å². The molecule has 1 fully saturated rings. The molecule has 0 aliphatic carbocycles. The lowest BCUT2D eigenvalue weighted by molar-refractivity contribution is -0.125. The number of hydrogen-bond acceptors (Lipinski definition) is 7. The minimum absolute atomic E-state index is 0.0449. The molecule has 0 atom stereocenters. The molecule has 10 heteroatoms. The van der Waals surface area contributed by atoms with Gasteiger partial charge in [-0.1, -0.05) is 13.8 Å². The molecule has 4 heterocycles. The standard InChI is InChI=1S/C21H23N5O4S/c1-12(2)5-6-22-19(28)13-9-25(10-13)16-4-3-14-17(27)15(20(29)30)11-26(18(14)24-16)21-23-7-8-31-21/h3-4,7-8,11-13H,5-6,9-10H2,1-2H3,(H,22,28)(H,29,30). The van der Waals surface area contributed by atoms with Crippen molar-refractivity contribution in [3.05, 3.63) is 45.7 Å². The number of carbonyl (C=O) groups is 2. The number of aromatic carboxylic acids is 1. The second-order valence-corrected chi connectivity index (χ2v) is 8.85. The van der Waals surface area contributed by atoms with E-state index in [1.807, 2.05) is 4.90 Å². The number of thiazole rings is 1. The summed E-state index contributed by atoms with van der Waals surface area (Å²) in [6, 6.07) is 3.28. The van der Waals surface area contributed by atoms with Crippen LogP contribution >= 0.6 is 11.3 Å². The summed E-state index contributed by atoms with van der Waals surface area (Å²) in [6.07, 6.45) is 3.82. The highest BCUT2D eigenvalue weighted by molar-refractivity contribution is 7.12. The summed E-state index contributed by atoms with van der Waals surface area (Å²) in [4.78, 5) is 47.3. The van der Waals surface area contributed by atoms with Crippen LogP contribution in [0.4, 0.5) is 5.82 Å². The zero-order chi connectivity index (χ0) is 22.1. The molecule has 1 aliphatic rings. The third kappa shape index (κ3) is 4.15. The fourth-order valence-corrected chi connectivity index (χ4v) is 4.08. The van der Waals surface area contributed by atoms with E-state index in [4.69, 9.17) is 0 Å². The molecule has 0 spiro atoms. The van der Waals surface area contributed by atoms with Gasteiger partial charge in [-0.2, -0.15) is 0 Å². The van der Waals surface area contributed by atoms with Crippen LogP contribution in [0.2, 0.25) is 0 Å². The molecule has 0 radical (unpaired) electrons. The summed E-state index contributed by atoms with van der Waals surface area (Å²) in [5.41, 5.74) is -0.577. The largest absolute Gasteiger partial charge is 0.477 e. The van der Waals surface area contributed by atoms with Gasteiger partial charge in [-0.25, -0.2) is 14.8 Å². The molecule has 4 rings (SSSR count). The Balaban J connectivity index is 1.60. The van der Waals surface area contributed by atoms with Crippen LogP contribution in [0.25, 0.3) is 16.2 Å². The summed E-state index contributed by atoms with van der Waals surface area (Å²) in [5.74, 6) is -0.178. The van der Waals surface area contributed by atoms with Gasteiger partial charge in [0.2, 0.25) is 11.3 Å². The smallest absolute Gasteiger partial charge is 0.341 e. The van der Waals surface area contributed by atoms with Crippen molar-refractivity contribution < 1.29 is 14.7 Å². The summed E-state index contributed by atoms with van der Waals surface area (Å²) in [6.45, 7) is 6.00. The van der Waals surface area contributed by atoms with Gasteiger partial charge < -0.3 is 15.3 Å². The van der Waals surface area contributed by atoms with Crippen molar-refractivity contribution in [2.75, 3.05) is 24.5 Å². The highest BCUT2D eigenvalue weighted by Crippen LogP contribution is 2.26. The predicted molar refractivity (Wildman–Crippen MR) is 118 cm³/mol. The van der Waals surface area contributed by atoms with Gasteiger partial charge in [-0.05, 0) is 24.5 Å². The topological polar surface area (TPSA) is 117 Å². The Morgan fingerprint density at radius 2 is 2.10 bits per heavy atom. The van der Waals surface area contributed by atoms with E-state index in [-0.39, 0.29) is 22.8 Å². The van der Waals surface area contributed by atoms with E-state index in [2.05, 4.69) is 29.1 Å². The van der Waals surface area contributed by atoms with Crippen molar-refractivity contribution in [3.63, 3.8) is 0 Å². The fraction of sp³-hybridized carbons (Fsp3) is 0.381. The van der Waals surface area contributed by atoms with Gasteiger partial charge >= 0.3 is 5.97 Å². The second-order valence-electron chi connectivity index (χ2n) is 7.98. The van der Waals surface area contributed by atoms with Crippen LogP contribution in [-0.4, -0.2) is 51.2 Å². The van der Waals surface area contributed by atoms with Gasteiger partial charge in [0.15, 0.2) is 10.8 Å². The first kappa shape index (κ1) is 21.0. The molecule has 1 aliphatic heterocycles. The molecule has 1 amide bonds. The maximum absolute atomic E-state index is 12.6. The number of carboxylic acid groups (broad SMARTS) is 1. The summed E-state index contributed by atoms with van der Waals surface area (Å²) < 4.78 is 1.53. The lowest BCUT2D eigenvalue weighted by atomic mass is 9.99. The first-order valence-corrected chi connectivity index (χ1v) is 11.0. The van der Waals surface area contributed by atoms with Crippen LogP contribution in [0.15, 0.2) is 34.7 Å². The first-order chi connectivity index (χ1) is 14.8. The number of carbonyl (C=O) groups excluding carboxylic acids is 1. The van der Waals surface area contributed by atoms with Crippen molar-refractivity contribution in [3.8, 4) is 5.13 Å². The normalized spacial score (nSPS) is 14.1. The number of nitrogens with zero attached hydrogens (tertiary/aromatic N) is 4. The van der Waals surface area contributed by atoms with E-state index in [9.17, 15) is 19.5 Å². The lowest BCUT2D eigenvalue weighted by Gasteiger charge is -2.39. The number of anilines is 1. The zero-order valence-electron chi connectivity index (χ0n) is 17.2. The summed E-state index contributed by atoms with van der Waals surface area (Å²) >= 11 is 1.32. The predicted octanol–water partition coefficient (Wildman–Crippen LogP) is 2.14. The lowest BCUT2D eigenvalue weighted by Crippen LogP contribution is -2.54. The van der Waals surface area contributed by atoms with Crippen molar-refractivity contribution in [2.24, 2.45) is 11.8 Å². The van der Waals surface area contributed by atoms with Gasteiger partial charge in [0.1, 0.15) is 11.4 Å². The van der Waals surface area contributed by atoms with E-state index in [0.29, 0.717) is 42.1 Å². The van der Waals surface area contributed by atoms with Gasteiger partial charge in [0.05, 0.1) is 11.3 Å². The van der Waals surface area contributed by atoms with Crippen LogP contribution in [-0.2, 0) is 4.79 Å². The highest BCUT2D eigenvalue weighted by Gasteiger charge is 2.33. The zero-order valence-corrected chi connectivity index (χ0v) is 18.1. The number of aromatic nitrogens is 3. The van der Waals surface area contributed by atoms with Crippen LogP contribution in [0.1, 0.15) is 30.6 Å². The van der Waals surface area contributed by atoms with Gasteiger partial charge in [-0.15, -0.1) is 11.3 Å². The molecular weight excluding hydrogens is 418 g/mol. The molecule has 0 saturated carbocycles. The number of hydrogen-bond donors (Lipinski definition) is 2. The van der Waals surface area contributed by atoms with Crippen LogP contribution < -0.4 is 15.6 Å². The SMILES string of the molecule is CC(C)CCNC(=O)C1CN(c2ccc3c(=O)c(C(=O)O)cn(-c4nccs4)c3n2)C1. The molecular formula is C21H23N5O4S. The molecule has 0 aromatic carbocycles. The summed E-state index contributed by atoms with van der Waals surface area (Å²) in [7, 11) is 0. The Bertz CT molecular complexity index is 1180. The Hall–Kier alpha value is -3.27. The van der Waals surface area contributed by atoms with Crippen LogP contribution in [0, 0.1) is 11.8 Å². The number of fused-ring (bicyclic) bond motifs is 1. The number of rotatable bonds is 7. The number of carboxylic acids is 1. The van der Waals surface area contributed by atoms with E-state index >= 15 is 0 Å². The third-order valence-electron chi connectivity index (χ3n) is 5.29. The summed E-state index contributed by atoms with van der Waals surface area (Å²) in [5, 5.41) is 14.9. The molecule has 3 aromatic rings. The molecule has 3 aromatic heterocycles. The maximum Gasteiger partial charge on any atom is 0.341 e. The molecule has 31 heavy (non-hydrogen) atoms. The number of amides is 1. The Morgan fingerprint density at radius 3 is 2.74 bits per heavy atom. The monoisotopic (exact) mass is 441 g/mol. The number of nitrogens with one attached hydrogen (secondary N) is 1. The third-order valence-corrected chi connectivity index (χ3v) is 6.06. The molecule has 9 nitrogen and oxygen atoms in total. The first-order valence-electron chi connectivity index (χ1n) is 10.1. The van der Waals surface area contributed by atoms with Crippen molar-refractivity contribution >= 4 is 40.1 Å². The molecule has 162 valence electrons. The van der Waals surface area contributed by atoms with Crippen LogP contribution in [0.3, 0.4) is 0 Å². The fourth-order valence-electron chi connectivity index (χ4n) is 3.46. The Labute approximate surface area is 182 Å². The number of pyridine rings is 2. The minimum atomic E-state index is -1.30. The Morgan fingerprint density at radius 1 is 1.32 bits per heavy atom. The van der Waals surface area contributed by atoms with E-state index in [1.54, 1.807) is 23.7 Å². The van der Waals surface area contributed by atoms with Crippen molar-refractivity contribution in [1.29, 1.82) is 0 Å². The average Bonchev–Trinajstić information content (AvgIpc) is 3.21. The molecule has 0 unspecified atom stereocenters. The van der Waals surface area contributed by atoms with Crippen molar-refractivity contribution in [2.45, 2.75) is 20.3 Å². The van der Waals surface area contributed by atoms with Gasteiger partial charge in [0, 0.05) is 37.4 Å². The van der Waals surface area contributed by atoms with Gasteiger partial charge in [-0.3, -0.25) is 14.2 Å². The average molecular weight is 442 g/mol. The second kappa shape index (κ2) is 8.46. The maximum atomic E-state index is 12.6. The Kier molecular flexibility index (Phi) is 5.73. The van der Waals surface area contributed by atoms with Crippen LogP contribution in [0.5, 0.6) is 0 Å². The molecule has 0 bridgehead atoms.